The van der Waals surface area contributed by atoms with Crippen LogP contribution in [0.2, 0.25) is 0 Å². The normalized spacial score (nSPS) is 22.1. The number of benzene rings is 1. The third-order valence-electron chi connectivity index (χ3n) is 32.4. The highest BCUT2D eigenvalue weighted by Crippen LogP contribution is 2.51. The van der Waals surface area contributed by atoms with Crippen molar-refractivity contribution in [2.24, 2.45) is 23.7 Å². The molecule has 3 saturated carbocycles. The first-order valence-electron chi connectivity index (χ1n) is 55.9. The minimum Gasteiger partial charge on any atom is -0.450 e. The molecule has 9 aliphatic heterocycles. The molecule has 9 saturated heterocycles. The maximum Gasteiger partial charge on any atom is 0.409 e. The first kappa shape index (κ1) is 130. The fourth-order valence-electron chi connectivity index (χ4n) is 19.2. The highest BCUT2D eigenvalue weighted by Gasteiger charge is 2.56. The first-order chi connectivity index (χ1) is 68.3. The van der Waals surface area contributed by atoms with E-state index in [0.717, 1.165) is 237 Å². The summed E-state index contributed by atoms with van der Waals surface area (Å²) in [4.78, 5) is 40.3. The number of aromatic nitrogens is 1. The summed E-state index contributed by atoms with van der Waals surface area (Å²) in [6.07, 6.45) is 40.4. The zero-order valence-electron chi connectivity index (χ0n) is 93.8. The van der Waals surface area contributed by atoms with Crippen LogP contribution in [0.4, 0.5) is 4.79 Å². The quantitative estimate of drug-likeness (QED) is 0.0594. The number of Topliss-reactive ketones (excluding diaryl/α,β-unsaturated/α-hetero) is 1. The van der Waals surface area contributed by atoms with Gasteiger partial charge in [-0.15, -0.1) is 0 Å². The Morgan fingerprint density at radius 2 is 0.888 bits per heavy atom. The summed E-state index contributed by atoms with van der Waals surface area (Å²) in [5.74, 6) is 1.26. The van der Waals surface area contributed by atoms with E-state index in [1.165, 1.54) is 76.7 Å². The van der Waals surface area contributed by atoms with E-state index in [0.29, 0.717) is 104 Å². The molecule has 10 heterocycles. The van der Waals surface area contributed by atoms with Gasteiger partial charge >= 0.3 is 12.8 Å². The van der Waals surface area contributed by atoms with Gasteiger partial charge < -0.3 is 105 Å². The fourth-order valence-corrected chi connectivity index (χ4v) is 21.6. The van der Waals surface area contributed by atoms with Gasteiger partial charge in [-0.25, -0.2) is 13.2 Å². The molecule has 28 nitrogen and oxygen atoms in total. The molecule has 0 atom stereocenters. The zero-order chi connectivity index (χ0) is 106. The van der Waals surface area contributed by atoms with E-state index in [9.17, 15) is 27.9 Å². The lowest BCUT2D eigenvalue weighted by atomic mass is 9.89. The summed E-state index contributed by atoms with van der Waals surface area (Å²) in [6.45, 7) is 56.2. The van der Waals surface area contributed by atoms with Crippen molar-refractivity contribution in [2.45, 2.75) is 478 Å². The van der Waals surface area contributed by atoms with E-state index in [1.54, 1.807) is 17.3 Å². The van der Waals surface area contributed by atoms with E-state index in [4.69, 9.17) is 101 Å². The van der Waals surface area contributed by atoms with Gasteiger partial charge in [-0.2, -0.15) is 0 Å². The summed E-state index contributed by atoms with van der Waals surface area (Å²) in [6, 6.07) is 12.4. The average Bonchev–Trinajstić information content (AvgIpc) is 1.64. The average molecular weight is 2090 g/mol. The van der Waals surface area contributed by atoms with Crippen molar-refractivity contribution in [3.8, 4) is 0 Å². The minimum atomic E-state index is -2.86. The van der Waals surface area contributed by atoms with Gasteiger partial charge in [0.2, 0.25) is 5.91 Å². The SMILES string of the molecule is CCC(CC)C(=O)NCC1CCCCC1.CCC(CC)COCc1ccc(C)cc1.CCC(CC)COP(=S)(OC)OC.CCC(O)(CC)COCc1ccncc1.CCC1(CC)COC2(CCC(=O)CC2)O1.CCC1(CC)COC2(CCC2)O1.CCC1(CC)COC2(CCOCC2)O1.CCC1(CC)COC2(CCS(=O)(=O)CC2)O1.CCC1(CC)COCO1.CCOC(=O)N1CCC2(CC1)OCC(CC)(CC)O2. The topological polar surface area (TPSA) is 309 Å². The summed E-state index contributed by atoms with van der Waals surface area (Å²) in [7, 11) is 0.193. The van der Waals surface area contributed by atoms with Crippen molar-refractivity contribution in [1.82, 2.24) is 15.2 Å². The number of ether oxygens (including phenoxy) is 16. The first-order valence-corrected chi connectivity index (χ1v) is 60.3. The number of pyridine rings is 1. The lowest BCUT2D eigenvalue weighted by Crippen LogP contribution is -2.48. The molecule has 1 aromatic carbocycles. The van der Waals surface area contributed by atoms with Crippen LogP contribution in [-0.2, 0) is 134 Å². The Balaban J connectivity index is 0.000000281. The summed E-state index contributed by atoms with van der Waals surface area (Å²) in [5, 5.41) is 13.1. The molecular formula is C112H202N3O25PS2. The van der Waals surface area contributed by atoms with Gasteiger partial charge in [0.25, 0.3) is 0 Å². The number of nitrogens with one attached hydrogen (secondary N) is 1. The molecule has 2 N–H and O–H groups in total. The van der Waals surface area contributed by atoms with Crippen molar-refractivity contribution in [3.63, 3.8) is 0 Å². The molecule has 2 aromatic rings. The summed E-state index contributed by atoms with van der Waals surface area (Å²) < 4.78 is 130. The van der Waals surface area contributed by atoms with Crippen LogP contribution in [0.3, 0.4) is 0 Å². The Bertz CT molecular complexity index is 3860. The maximum absolute atomic E-state index is 11.7. The van der Waals surface area contributed by atoms with Gasteiger partial charge in [-0.1, -0.05) is 213 Å². The number of ketones is 1. The van der Waals surface area contributed by atoms with Crippen LogP contribution in [-0.4, -0.2) is 241 Å². The van der Waals surface area contributed by atoms with Crippen molar-refractivity contribution in [2.75, 3.05) is 131 Å². The van der Waals surface area contributed by atoms with Crippen LogP contribution in [0.5, 0.6) is 0 Å². The van der Waals surface area contributed by atoms with Crippen LogP contribution in [0, 0.1) is 30.6 Å². The van der Waals surface area contributed by atoms with E-state index in [-0.39, 0.29) is 74.6 Å². The van der Waals surface area contributed by atoms with Gasteiger partial charge in [0, 0.05) is 136 Å². The predicted octanol–water partition coefficient (Wildman–Crippen LogP) is 24.8. The standard InChI is InChI=1S/C14H25NO4.C14H22O.C13H25NO.C12H19NO2.C12H20O3.C11H20O4S.C11H20O3.C10H18O2.C8H19O3PS.C7H14O2/c1-4-13(5-2)11-18-14(19-13)7-9-15(10-8-14)12(16)17-6-3;1-4-13(5-2)10-15-11-14-8-6-12(3)7-9-14;1-3-12(4-2)13(15)14-10-11-8-6-5-7-9-11;1-3-12(14,4-2)10-15-9-11-5-7-13-8-6-11;1-3-11(4-2)9-14-12(15-11)7-5-10(13)6-8-12;1-3-10(4-2)9-14-11(15-10)5-7-16(12,13)8-6-11;1-3-10(4-2)9-13-11(14-10)5-7-12-8-6-11;1-3-9(4-2)8-11-10(12-9)6-5-7-10;1-5-8(6-2)7-11-12(13,9-3)10-4;1-3-7(4-2)5-8-6-9-7/h4-11H2,1-3H3;6-9,13H,4-5,10-11H2,1-3H3;11-12H,3-10H2,1-2H3,(H,14,15);5-8,14H,3-4,9-10H2,1-2H3;3-9H2,1-2H3;3-9H2,1-2H3;3-9H2,1-2H3;3-8H2,1-2H3;8H,5-7H2,1-4H3;3-6H2,1-2H3. The molecule has 12 fully saturated rings. The van der Waals surface area contributed by atoms with Gasteiger partial charge in [0.1, 0.15) is 12.6 Å². The molecule has 0 radical (unpaired) electrons. The number of carbonyl (C=O) groups excluding carboxylic acids is 3. The van der Waals surface area contributed by atoms with Crippen molar-refractivity contribution < 1.29 is 117 Å². The molecule has 3 aliphatic carbocycles. The lowest BCUT2D eigenvalue weighted by Gasteiger charge is -2.38. The second kappa shape index (κ2) is 65.2. The van der Waals surface area contributed by atoms with Crippen molar-refractivity contribution in [1.29, 1.82) is 0 Å². The molecule has 143 heavy (non-hydrogen) atoms. The summed E-state index contributed by atoms with van der Waals surface area (Å²) >= 11 is 5.06. The highest BCUT2D eigenvalue weighted by atomic mass is 32.5. The summed E-state index contributed by atoms with van der Waals surface area (Å²) in [5.41, 5.74) is 2.63. The van der Waals surface area contributed by atoms with Crippen LogP contribution in [0.1, 0.15) is 406 Å². The predicted molar refractivity (Wildman–Crippen MR) is 570 cm³/mol. The van der Waals surface area contributed by atoms with Gasteiger partial charge in [-0.05, 0) is 189 Å². The zero-order valence-corrected chi connectivity index (χ0v) is 96.4. The number of likely N-dealkylation sites (tertiary alicyclic amines) is 1. The number of carbonyl (C=O) groups is 3. The Kier molecular flexibility index (Phi) is 59.3. The van der Waals surface area contributed by atoms with Crippen LogP contribution < -0.4 is 5.32 Å². The molecule has 31 heteroatoms. The highest BCUT2D eigenvalue weighted by molar-refractivity contribution is 8.07. The molecular weight excluding hydrogens is 1880 g/mol. The molecule has 832 valence electrons. The van der Waals surface area contributed by atoms with Crippen molar-refractivity contribution >= 4 is 46.1 Å². The molecule has 14 rings (SSSR count). The van der Waals surface area contributed by atoms with Gasteiger partial charge in [0.15, 0.2) is 38.8 Å². The Hall–Kier alpha value is -3.38. The van der Waals surface area contributed by atoms with Crippen molar-refractivity contribution in [3.05, 3.63) is 65.5 Å². The Labute approximate surface area is 871 Å². The number of rotatable bonds is 37. The molecule has 0 bridgehead atoms. The Morgan fingerprint density at radius 1 is 0.490 bits per heavy atom. The maximum atomic E-state index is 11.7. The van der Waals surface area contributed by atoms with Crippen LogP contribution in [0.15, 0.2) is 48.8 Å². The monoisotopic (exact) mass is 2080 g/mol. The fraction of sp³-hybridized carbons (Fsp3) is 0.875. The Morgan fingerprint density at radius 3 is 1.24 bits per heavy atom. The minimum absolute atomic E-state index is 0.0304. The second-order valence-electron chi connectivity index (χ2n) is 41.3. The molecule has 0 unspecified atom stereocenters. The molecule has 12 aliphatic rings. The molecule has 1 aromatic heterocycles. The number of sulfone groups is 1. The van der Waals surface area contributed by atoms with Crippen LogP contribution >= 0.6 is 6.72 Å². The third kappa shape index (κ3) is 42.2. The van der Waals surface area contributed by atoms with Gasteiger partial charge in [-0.3, -0.25) is 14.6 Å². The number of aryl methyl sites for hydroxylation is 1. The van der Waals surface area contributed by atoms with Crippen LogP contribution in [0.25, 0.3) is 0 Å². The van der Waals surface area contributed by atoms with Gasteiger partial charge in [0.05, 0.1) is 137 Å². The smallest absolute Gasteiger partial charge is 0.409 e. The second-order valence-corrected chi connectivity index (χ2v) is 46.8. The number of aliphatic hydroxyl groups is 1. The number of amides is 2. The largest absolute Gasteiger partial charge is 0.450 e. The molecule has 5 spiro atoms. The number of hydrogen-bond acceptors (Lipinski definition) is 27. The number of nitrogens with zero attached hydrogens (tertiary/aromatic N) is 2. The number of hydrogen-bond donors (Lipinski definition) is 2. The third-order valence-corrected chi connectivity index (χ3v) is 36.7. The van der Waals surface area contributed by atoms with E-state index >= 15 is 0 Å². The number of piperidine rings is 1. The van der Waals surface area contributed by atoms with E-state index in [1.807, 2.05) is 32.9 Å². The van der Waals surface area contributed by atoms with E-state index < -0.39 is 39.5 Å². The van der Waals surface area contributed by atoms with E-state index in [2.05, 4.69) is 166 Å². The lowest BCUT2D eigenvalue weighted by molar-refractivity contribution is -0.232. The molecule has 2 amide bonds.